The Bertz CT molecular complexity index is 391. The van der Waals surface area contributed by atoms with Gasteiger partial charge in [0.2, 0.25) is 5.91 Å². The molecule has 0 bridgehead atoms. The third-order valence-corrected chi connectivity index (χ3v) is 3.95. The summed E-state index contributed by atoms with van der Waals surface area (Å²) in [6, 6.07) is -0.203. The molecule has 0 atom stereocenters. The van der Waals surface area contributed by atoms with E-state index in [0.717, 1.165) is 6.42 Å². The van der Waals surface area contributed by atoms with Crippen molar-refractivity contribution in [2.24, 2.45) is 5.92 Å². The van der Waals surface area contributed by atoms with Crippen molar-refractivity contribution in [1.29, 1.82) is 0 Å². The average molecular weight is 283 g/mol. The van der Waals surface area contributed by atoms with Crippen LogP contribution in [0.2, 0.25) is 0 Å². The lowest BCUT2D eigenvalue weighted by Crippen LogP contribution is -2.48. The van der Waals surface area contributed by atoms with Crippen molar-refractivity contribution in [3.05, 3.63) is 0 Å². The van der Waals surface area contributed by atoms with Crippen LogP contribution in [0.5, 0.6) is 0 Å². The molecular weight excluding hydrogens is 262 g/mol. The predicted octanol–water partition coefficient (Wildman–Crippen LogP) is 0.161. The molecule has 1 saturated heterocycles. The van der Waals surface area contributed by atoms with E-state index in [4.69, 9.17) is 5.11 Å². The van der Waals surface area contributed by atoms with Gasteiger partial charge in [-0.1, -0.05) is 0 Å². The molecule has 1 aliphatic carbocycles. The van der Waals surface area contributed by atoms with Crippen molar-refractivity contribution in [2.45, 2.75) is 38.1 Å². The fraction of sp³-hybridized carbons (Fsp3) is 0.769. The van der Waals surface area contributed by atoms with Gasteiger partial charge in [-0.25, -0.2) is 4.79 Å². The number of carboxylic acid groups (broad SMARTS) is 1. The third-order valence-electron chi connectivity index (χ3n) is 3.95. The minimum absolute atomic E-state index is 0.0180. The minimum Gasteiger partial charge on any atom is -0.481 e. The summed E-state index contributed by atoms with van der Waals surface area (Å²) in [5.74, 6) is -1.17. The zero-order valence-electron chi connectivity index (χ0n) is 11.4. The summed E-state index contributed by atoms with van der Waals surface area (Å²) in [6.07, 6.45) is 3.32. The molecule has 0 aromatic heterocycles. The van der Waals surface area contributed by atoms with Crippen molar-refractivity contribution in [2.75, 3.05) is 19.6 Å². The molecule has 0 aromatic rings. The van der Waals surface area contributed by atoms with Crippen molar-refractivity contribution in [1.82, 2.24) is 15.5 Å². The normalized spacial score (nSPS) is 27.4. The molecule has 0 spiro atoms. The summed E-state index contributed by atoms with van der Waals surface area (Å²) < 4.78 is 0. The number of carboxylic acids is 1. The lowest BCUT2D eigenvalue weighted by molar-refractivity contribution is -0.142. The monoisotopic (exact) mass is 283 g/mol. The first-order valence-electron chi connectivity index (χ1n) is 7.11. The van der Waals surface area contributed by atoms with E-state index in [1.165, 1.54) is 4.90 Å². The van der Waals surface area contributed by atoms with Gasteiger partial charge < -0.3 is 20.6 Å². The smallest absolute Gasteiger partial charge is 0.318 e. The quantitative estimate of drug-likeness (QED) is 0.672. The molecule has 112 valence electrons. The van der Waals surface area contributed by atoms with Crippen LogP contribution in [0, 0.1) is 5.92 Å². The SMILES string of the molecule is O=C1CN(C(=O)NC2CCC(C(=O)O)CC2)CCCN1. The molecule has 7 nitrogen and oxygen atoms in total. The first-order valence-corrected chi connectivity index (χ1v) is 7.11. The van der Waals surface area contributed by atoms with Gasteiger partial charge in [0.05, 0.1) is 5.92 Å². The van der Waals surface area contributed by atoms with Gasteiger partial charge in [-0.05, 0) is 32.1 Å². The van der Waals surface area contributed by atoms with Crippen molar-refractivity contribution in [3.8, 4) is 0 Å². The van der Waals surface area contributed by atoms with Gasteiger partial charge in [-0.2, -0.15) is 0 Å². The Morgan fingerprint density at radius 1 is 1.25 bits per heavy atom. The molecule has 20 heavy (non-hydrogen) atoms. The summed E-state index contributed by atoms with van der Waals surface area (Å²) in [4.78, 5) is 35.9. The lowest BCUT2D eigenvalue weighted by Gasteiger charge is -2.29. The summed E-state index contributed by atoms with van der Waals surface area (Å²) >= 11 is 0. The standard InChI is InChI=1S/C13H21N3O4/c17-11-8-16(7-1-6-14-11)13(20)15-10-4-2-9(3-5-10)12(18)19/h9-10H,1-8H2,(H,14,17)(H,15,20)(H,18,19). The van der Waals surface area contributed by atoms with E-state index in [1.807, 2.05) is 0 Å². The summed E-state index contributed by atoms with van der Waals surface area (Å²) in [5, 5.41) is 14.6. The van der Waals surface area contributed by atoms with Gasteiger partial charge in [0, 0.05) is 19.1 Å². The van der Waals surface area contributed by atoms with Crippen molar-refractivity contribution >= 4 is 17.9 Å². The Labute approximate surface area is 117 Å². The Kier molecular flexibility index (Phi) is 4.81. The number of nitrogens with zero attached hydrogens (tertiary/aromatic N) is 1. The van der Waals surface area contributed by atoms with Crippen LogP contribution in [0.3, 0.4) is 0 Å². The Balaban J connectivity index is 1.80. The second kappa shape index (κ2) is 6.58. The second-order valence-corrected chi connectivity index (χ2v) is 5.46. The van der Waals surface area contributed by atoms with Crippen LogP contribution in [-0.4, -0.2) is 53.6 Å². The molecule has 2 rings (SSSR count). The van der Waals surface area contributed by atoms with E-state index in [0.29, 0.717) is 38.8 Å². The van der Waals surface area contributed by atoms with Crippen LogP contribution < -0.4 is 10.6 Å². The fourth-order valence-electron chi connectivity index (χ4n) is 2.73. The molecule has 7 heteroatoms. The van der Waals surface area contributed by atoms with Crippen molar-refractivity contribution < 1.29 is 19.5 Å². The predicted molar refractivity (Wildman–Crippen MR) is 71.1 cm³/mol. The van der Waals surface area contributed by atoms with E-state index in [-0.39, 0.29) is 30.4 Å². The number of aliphatic carboxylic acids is 1. The van der Waals surface area contributed by atoms with Gasteiger partial charge in [-0.3, -0.25) is 9.59 Å². The highest BCUT2D eigenvalue weighted by Gasteiger charge is 2.28. The van der Waals surface area contributed by atoms with E-state index in [1.54, 1.807) is 0 Å². The maximum Gasteiger partial charge on any atom is 0.318 e. The molecule has 0 unspecified atom stereocenters. The maximum atomic E-state index is 12.1. The van der Waals surface area contributed by atoms with Gasteiger partial charge in [0.25, 0.3) is 0 Å². The second-order valence-electron chi connectivity index (χ2n) is 5.46. The zero-order valence-corrected chi connectivity index (χ0v) is 11.4. The Morgan fingerprint density at radius 2 is 1.95 bits per heavy atom. The number of carbonyl (C=O) groups excluding carboxylic acids is 2. The van der Waals surface area contributed by atoms with Crippen LogP contribution in [0.25, 0.3) is 0 Å². The van der Waals surface area contributed by atoms with E-state index in [9.17, 15) is 14.4 Å². The van der Waals surface area contributed by atoms with Gasteiger partial charge in [0.15, 0.2) is 0 Å². The number of carbonyl (C=O) groups is 3. The summed E-state index contributed by atoms with van der Waals surface area (Å²) in [5.41, 5.74) is 0. The van der Waals surface area contributed by atoms with Crippen LogP contribution in [0.4, 0.5) is 4.79 Å². The molecule has 0 aromatic carbocycles. The van der Waals surface area contributed by atoms with Crippen LogP contribution in [-0.2, 0) is 9.59 Å². The number of hydrogen-bond donors (Lipinski definition) is 3. The Hall–Kier alpha value is -1.79. The number of hydrogen-bond acceptors (Lipinski definition) is 3. The topological polar surface area (TPSA) is 98.7 Å². The van der Waals surface area contributed by atoms with E-state index >= 15 is 0 Å². The molecule has 1 saturated carbocycles. The largest absolute Gasteiger partial charge is 0.481 e. The highest BCUT2D eigenvalue weighted by atomic mass is 16.4. The first kappa shape index (κ1) is 14.6. The summed E-state index contributed by atoms with van der Waals surface area (Å²) in [7, 11) is 0. The van der Waals surface area contributed by atoms with E-state index in [2.05, 4.69) is 10.6 Å². The molecule has 1 heterocycles. The lowest BCUT2D eigenvalue weighted by atomic mass is 9.86. The highest BCUT2D eigenvalue weighted by molar-refractivity contribution is 5.84. The molecule has 1 aliphatic heterocycles. The molecule has 0 radical (unpaired) electrons. The van der Waals surface area contributed by atoms with Gasteiger partial charge in [0.1, 0.15) is 6.54 Å². The summed E-state index contributed by atoms with van der Waals surface area (Å²) in [6.45, 7) is 1.26. The fourth-order valence-corrected chi connectivity index (χ4v) is 2.73. The minimum atomic E-state index is -0.751. The number of urea groups is 1. The molecule has 3 amide bonds. The van der Waals surface area contributed by atoms with Crippen LogP contribution >= 0.6 is 0 Å². The number of nitrogens with one attached hydrogen (secondary N) is 2. The maximum absolute atomic E-state index is 12.1. The van der Waals surface area contributed by atoms with Crippen molar-refractivity contribution in [3.63, 3.8) is 0 Å². The zero-order chi connectivity index (χ0) is 14.5. The number of amides is 3. The average Bonchev–Trinajstić information content (AvgIpc) is 2.64. The molecule has 2 fully saturated rings. The highest BCUT2D eigenvalue weighted by Crippen LogP contribution is 2.24. The number of rotatable bonds is 2. The molecular formula is C13H21N3O4. The molecule has 3 N–H and O–H groups in total. The third kappa shape index (κ3) is 3.85. The van der Waals surface area contributed by atoms with E-state index < -0.39 is 5.97 Å². The van der Waals surface area contributed by atoms with Gasteiger partial charge >= 0.3 is 12.0 Å². The van der Waals surface area contributed by atoms with Crippen LogP contribution in [0.1, 0.15) is 32.1 Å². The van der Waals surface area contributed by atoms with Gasteiger partial charge in [-0.15, -0.1) is 0 Å². The Morgan fingerprint density at radius 3 is 2.60 bits per heavy atom. The van der Waals surface area contributed by atoms with Crippen LogP contribution in [0.15, 0.2) is 0 Å². The molecule has 2 aliphatic rings. The first-order chi connectivity index (χ1) is 9.56.